The SMILES string of the molecule is Cc1ccccc1-c1nc(CN2CCNC(=O)CC2)c(C)o1. The first-order valence-electron chi connectivity index (χ1n) is 7.65. The number of rotatable bonds is 3. The van der Waals surface area contributed by atoms with Gasteiger partial charge in [-0.05, 0) is 25.5 Å². The molecule has 3 rings (SSSR count). The van der Waals surface area contributed by atoms with Crippen molar-refractivity contribution in [1.29, 1.82) is 0 Å². The first-order valence-corrected chi connectivity index (χ1v) is 7.65. The summed E-state index contributed by atoms with van der Waals surface area (Å²) in [7, 11) is 0. The van der Waals surface area contributed by atoms with Crippen LogP contribution in [0.5, 0.6) is 0 Å². The Bertz CT molecular complexity index is 678. The predicted molar refractivity (Wildman–Crippen MR) is 84.3 cm³/mol. The van der Waals surface area contributed by atoms with Crippen LogP contribution in [0.4, 0.5) is 0 Å². The van der Waals surface area contributed by atoms with Crippen molar-refractivity contribution in [2.75, 3.05) is 19.6 Å². The number of benzene rings is 1. The summed E-state index contributed by atoms with van der Waals surface area (Å²) in [6.45, 7) is 7.03. The van der Waals surface area contributed by atoms with Crippen LogP contribution in [-0.2, 0) is 11.3 Å². The second-order valence-corrected chi connectivity index (χ2v) is 5.71. The Kier molecular flexibility index (Phi) is 4.24. The van der Waals surface area contributed by atoms with Gasteiger partial charge in [0, 0.05) is 38.2 Å². The molecular formula is C17H21N3O2. The lowest BCUT2D eigenvalue weighted by molar-refractivity contribution is -0.120. The van der Waals surface area contributed by atoms with Gasteiger partial charge in [0.2, 0.25) is 11.8 Å². The molecule has 0 aliphatic carbocycles. The lowest BCUT2D eigenvalue weighted by Gasteiger charge is -2.17. The molecule has 1 aliphatic heterocycles. The largest absolute Gasteiger partial charge is 0.441 e. The molecule has 1 N–H and O–H groups in total. The van der Waals surface area contributed by atoms with Gasteiger partial charge in [-0.25, -0.2) is 4.98 Å². The Labute approximate surface area is 130 Å². The number of nitrogens with zero attached hydrogens (tertiary/aromatic N) is 2. The van der Waals surface area contributed by atoms with E-state index in [0.717, 1.165) is 42.2 Å². The van der Waals surface area contributed by atoms with Crippen LogP contribution in [0.2, 0.25) is 0 Å². The van der Waals surface area contributed by atoms with Gasteiger partial charge >= 0.3 is 0 Å². The average Bonchev–Trinajstić information content (AvgIpc) is 2.72. The Morgan fingerprint density at radius 1 is 1.27 bits per heavy atom. The molecule has 0 atom stereocenters. The fourth-order valence-corrected chi connectivity index (χ4v) is 2.69. The van der Waals surface area contributed by atoms with E-state index in [4.69, 9.17) is 4.42 Å². The Balaban J connectivity index is 1.78. The van der Waals surface area contributed by atoms with E-state index >= 15 is 0 Å². The molecule has 2 heterocycles. The van der Waals surface area contributed by atoms with Gasteiger partial charge in [0.15, 0.2) is 0 Å². The summed E-state index contributed by atoms with van der Waals surface area (Å²) in [6.07, 6.45) is 0.543. The Morgan fingerprint density at radius 3 is 2.91 bits per heavy atom. The quantitative estimate of drug-likeness (QED) is 0.944. The van der Waals surface area contributed by atoms with Gasteiger partial charge in [-0.15, -0.1) is 0 Å². The van der Waals surface area contributed by atoms with Crippen LogP contribution in [0.3, 0.4) is 0 Å². The lowest BCUT2D eigenvalue weighted by Crippen LogP contribution is -2.28. The van der Waals surface area contributed by atoms with Crippen molar-refractivity contribution in [3.05, 3.63) is 41.3 Å². The van der Waals surface area contributed by atoms with Crippen LogP contribution in [0.25, 0.3) is 11.5 Å². The summed E-state index contributed by atoms with van der Waals surface area (Å²) in [5.74, 6) is 1.65. The fraction of sp³-hybridized carbons (Fsp3) is 0.412. The molecule has 0 radical (unpaired) electrons. The van der Waals surface area contributed by atoms with Crippen molar-refractivity contribution in [3.63, 3.8) is 0 Å². The number of hydrogen-bond donors (Lipinski definition) is 1. The highest BCUT2D eigenvalue weighted by atomic mass is 16.4. The number of aromatic nitrogens is 1. The molecule has 1 aromatic carbocycles. The standard InChI is InChI=1S/C17H21N3O2/c1-12-5-3-4-6-14(12)17-19-15(13(2)22-17)11-20-9-7-16(21)18-8-10-20/h3-6H,7-11H2,1-2H3,(H,18,21). The predicted octanol–water partition coefficient (Wildman–Crippen LogP) is 2.28. The molecule has 1 fully saturated rings. The number of carbonyl (C=O) groups is 1. The number of aryl methyl sites for hydroxylation is 2. The minimum atomic E-state index is 0.125. The average molecular weight is 299 g/mol. The summed E-state index contributed by atoms with van der Waals surface area (Å²) < 4.78 is 5.86. The highest BCUT2D eigenvalue weighted by Crippen LogP contribution is 2.25. The topological polar surface area (TPSA) is 58.4 Å². The third kappa shape index (κ3) is 3.20. The molecule has 0 saturated carbocycles. The zero-order valence-electron chi connectivity index (χ0n) is 13.1. The monoisotopic (exact) mass is 299 g/mol. The van der Waals surface area contributed by atoms with E-state index in [2.05, 4.69) is 28.2 Å². The second-order valence-electron chi connectivity index (χ2n) is 5.71. The number of amides is 1. The molecule has 2 aromatic rings. The van der Waals surface area contributed by atoms with Crippen molar-refractivity contribution in [1.82, 2.24) is 15.2 Å². The summed E-state index contributed by atoms with van der Waals surface area (Å²) in [6, 6.07) is 8.09. The maximum atomic E-state index is 11.4. The van der Waals surface area contributed by atoms with Crippen LogP contribution in [0, 0.1) is 13.8 Å². The van der Waals surface area contributed by atoms with Crippen LogP contribution in [-0.4, -0.2) is 35.4 Å². The maximum Gasteiger partial charge on any atom is 0.226 e. The minimum absolute atomic E-state index is 0.125. The molecule has 0 bridgehead atoms. The highest BCUT2D eigenvalue weighted by Gasteiger charge is 2.18. The van der Waals surface area contributed by atoms with Gasteiger partial charge in [0.05, 0.1) is 5.69 Å². The molecule has 5 nitrogen and oxygen atoms in total. The zero-order valence-corrected chi connectivity index (χ0v) is 13.1. The van der Waals surface area contributed by atoms with Gasteiger partial charge in [0.1, 0.15) is 5.76 Å². The third-order valence-electron chi connectivity index (χ3n) is 4.05. The van der Waals surface area contributed by atoms with Gasteiger partial charge in [0.25, 0.3) is 0 Å². The van der Waals surface area contributed by atoms with Gasteiger partial charge in [-0.3, -0.25) is 9.69 Å². The van der Waals surface area contributed by atoms with Crippen LogP contribution in [0.15, 0.2) is 28.7 Å². The number of carbonyl (C=O) groups excluding carboxylic acids is 1. The Morgan fingerprint density at radius 2 is 2.09 bits per heavy atom. The van der Waals surface area contributed by atoms with Gasteiger partial charge < -0.3 is 9.73 Å². The summed E-state index contributed by atoms with van der Waals surface area (Å²) >= 11 is 0. The van der Waals surface area contributed by atoms with Crippen molar-refractivity contribution in [2.45, 2.75) is 26.8 Å². The summed E-state index contributed by atoms with van der Waals surface area (Å²) in [5.41, 5.74) is 3.14. The summed E-state index contributed by atoms with van der Waals surface area (Å²) in [5, 5.41) is 2.89. The second kappa shape index (κ2) is 6.32. The van der Waals surface area contributed by atoms with Crippen molar-refractivity contribution < 1.29 is 9.21 Å². The normalized spacial score (nSPS) is 16.4. The highest BCUT2D eigenvalue weighted by molar-refractivity contribution is 5.76. The molecule has 0 spiro atoms. The van der Waals surface area contributed by atoms with Gasteiger partial charge in [-0.1, -0.05) is 18.2 Å². The molecule has 116 valence electrons. The molecule has 5 heteroatoms. The molecule has 1 saturated heterocycles. The van der Waals surface area contributed by atoms with E-state index in [1.165, 1.54) is 0 Å². The van der Waals surface area contributed by atoms with E-state index in [-0.39, 0.29) is 5.91 Å². The lowest BCUT2D eigenvalue weighted by atomic mass is 10.1. The van der Waals surface area contributed by atoms with Crippen molar-refractivity contribution in [2.24, 2.45) is 0 Å². The number of hydrogen-bond acceptors (Lipinski definition) is 4. The summed E-state index contributed by atoms with van der Waals surface area (Å²) in [4.78, 5) is 18.3. The molecule has 0 unspecified atom stereocenters. The number of nitrogens with one attached hydrogen (secondary N) is 1. The molecule has 1 amide bonds. The van der Waals surface area contributed by atoms with Crippen molar-refractivity contribution in [3.8, 4) is 11.5 Å². The maximum absolute atomic E-state index is 11.4. The van der Waals surface area contributed by atoms with Gasteiger partial charge in [-0.2, -0.15) is 0 Å². The van der Waals surface area contributed by atoms with Crippen LogP contribution < -0.4 is 5.32 Å². The Hall–Kier alpha value is -2.14. The van der Waals surface area contributed by atoms with E-state index in [1.807, 2.05) is 25.1 Å². The smallest absolute Gasteiger partial charge is 0.226 e. The zero-order chi connectivity index (χ0) is 15.5. The van der Waals surface area contributed by atoms with E-state index in [0.29, 0.717) is 18.9 Å². The third-order valence-corrected chi connectivity index (χ3v) is 4.05. The molecule has 1 aromatic heterocycles. The first-order chi connectivity index (χ1) is 10.6. The molecule has 1 aliphatic rings. The first kappa shape index (κ1) is 14.8. The van der Waals surface area contributed by atoms with E-state index < -0.39 is 0 Å². The van der Waals surface area contributed by atoms with Crippen molar-refractivity contribution >= 4 is 5.91 Å². The van der Waals surface area contributed by atoms with E-state index in [1.54, 1.807) is 0 Å². The molecule has 22 heavy (non-hydrogen) atoms. The van der Waals surface area contributed by atoms with Crippen LogP contribution in [0.1, 0.15) is 23.4 Å². The van der Waals surface area contributed by atoms with E-state index in [9.17, 15) is 4.79 Å². The van der Waals surface area contributed by atoms with Crippen LogP contribution >= 0.6 is 0 Å². The fourth-order valence-electron chi connectivity index (χ4n) is 2.69. The number of oxazole rings is 1. The molecular weight excluding hydrogens is 278 g/mol. The minimum Gasteiger partial charge on any atom is -0.441 e.